The molecule has 2 N–H and O–H groups in total. The van der Waals surface area contributed by atoms with Crippen molar-refractivity contribution >= 4 is 98.0 Å². The lowest BCUT2D eigenvalue weighted by atomic mass is 9.62. The van der Waals surface area contributed by atoms with Crippen LogP contribution in [-0.4, -0.2) is 55.5 Å². The van der Waals surface area contributed by atoms with Gasteiger partial charge in [-0.05, 0) is 102 Å². The summed E-state index contributed by atoms with van der Waals surface area (Å²) < 4.78 is 0.993. The second-order valence-electron chi connectivity index (χ2n) is 21.9. The molecule has 3 radical (unpaired) electrons. The molecule has 13 heteroatoms. The van der Waals surface area contributed by atoms with Crippen molar-refractivity contribution in [1.82, 2.24) is 29.9 Å². The van der Waals surface area contributed by atoms with Crippen LogP contribution in [-0.2, 0) is 0 Å². The maximum atomic E-state index is 9.76. The molecule has 13 aromatic rings. The van der Waals surface area contributed by atoms with E-state index in [1.807, 2.05) is 206 Å². The summed E-state index contributed by atoms with van der Waals surface area (Å²) >= 11 is 16.8. The Kier molecular flexibility index (Phi) is 18.7. The van der Waals surface area contributed by atoms with Crippen LogP contribution in [0.3, 0.4) is 0 Å². The molecule has 92 heavy (non-hydrogen) atoms. The van der Waals surface area contributed by atoms with Gasteiger partial charge < -0.3 is 10.0 Å². The molecular formula is C79H56B2BrCl2N6O2. The summed E-state index contributed by atoms with van der Waals surface area (Å²) in [5, 5.41) is 27.9. The fourth-order valence-electron chi connectivity index (χ4n) is 12.0. The number of halogens is 3. The first-order valence-corrected chi connectivity index (χ1v) is 31.0. The first-order chi connectivity index (χ1) is 44.2. The molecule has 11 aromatic carbocycles. The molecular weight excluding hydrogens is 1240 g/mol. The Balaban J connectivity index is 0.000000142. The van der Waals surface area contributed by atoms with E-state index in [0.29, 0.717) is 40.4 Å². The van der Waals surface area contributed by atoms with Crippen molar-refractivity contribution in [2.75, 3.05) is 0 Å². The van der Waals surface area contributed by atoms with Gasteiger partial charge in [0.25, 0.3) is 0 Å². The Bertz CT molecular complexity index is 4940. The Morgan fingerprint density at radius 3 is 1.30 bits per heavy atom. The molecule has 0 amide bonds. The zero-order valence-electron chi connectivity index (χ0n) is 48.7. The summed E-state index contributed by atoms with van der Waals surface area (Å²) in [6.45, 7) is 0. The number of rotatable bonds is 8. The molecule has 0 aliphatic heterocycles. The van der Waals surface area contributed by atoms with Crippen molar-refractivity contribution in [2.45, 2.75) is 7.43 Å². The molecule has 2 heterocycles. The molecule has 2 unspecified atom stereocenters. The van der Waals surface area contributed by atoms with Crippen LogP contribution in [0.25, 0.3) is 123 Å². The van der Waals surface area contributed by atoms with Crippen LogP contribution >= 0.6 is 39.1 Å². The third kappa shape index (κ3) is 12.7. The van der Waals surface area contributed by atoms with Crippen molar-refractivity contribution in [1.29, 1.82) is 0 Å². The quantitative estimate of drug-likeness (QED) is 0.114. The minimum atomic E-state index is -1.48. The normalized spacial score (nSPS) is 14.2. The van der Waals surface area contributed by atoms with Gasteiger partial charge in [-0.1, -0.05) is 301 Å². The molecule has 2 aromatic heterocycles. The Morgan fingerprint density at radius 1 is 0.370 bits per heavy atom. The van der Waals surface area contributed by atoms with E-state index in [1.54, 1.807) is 0 Å². The molecule has 8 nitrogen and oxygen atoms in total. The standard InChI is InChI=1S/C39H24ClN3.C21H14BrN3.C18H14BClO2.CH4.B/c40-36-24-35-30-19-8-7-18-29(30)33(23-34(35)31-20-9-10-21-32(31)36)27-16-11-17-28(22-27)39-42-37(25-12-3-1-4-13-25)41-38(43-39)26-14-5-2-6-15-26;22-18-13-7-12-17(14-18)21-24-19(15-8-3-1-4-9-15)23-20(25-21)16-10-5-2-6-11-16;20-18-10-16-11-5-1-3-7-13(11)17(19(21)22)9-15(16)12-6-2-4-8-14(12)18;;/h1-24H;1-14H;1-10,12,15,21-22H;1H4;. The van der Waals surface area contributed by atoms with Crippen LogP contribution in [0.2, 0.25) is 5.02 Å². The van der Waals surface area contributed by atoms with Crippen LogP contribution in [0.1, 0.15) is 18.6 Å². The Hall–Kier alpha value is -9.97. The average molecular weight is 1290 g/mol. The monoisotopic (exact) mass is 1290 g/mol. The molecule has 2 atom stereocenters. The van der Waals surface area contributed by atoms with Crippen molar-refractivity contribution < 1.29 is 10.0 Å². The lowest BCUT2D eigenvalue weighted by Gasteiger charge is -2.36. The first kappa shape index (κ1) is 62.2. The SMILES string of the molecule is Brc1cccc(-c2nc(-c3ccccc3)nc(-c3ccccc3)n2)c1.C.Clc1cc2c3ccccc3c(-c3cccc(-c4nc(-c5ccccc5)nc(-c5ccccc5)n4)c3)cc2c2ccccc12.OB(O)C1=CC2C(=CC(Cl)=C3C=CC=CC32)c2ccccc21.[B]. The summed E-state index contributed by atoms with van der Waals surface area (Å²) in [6.07, 6.45) is 12.1. The zero-order chi connectivity index (χ0) is 61.1. The van der Waals surface area contributed by atoms with E-state index in [0.717, 1.165) is 97.5 Å². The summed E-state index contributed by atoms with van der Waals surface area (Å²) in [6, 6.07) is 85.7. The van der Waals surface area contributed by atoms with Crippen molar-refractivity contribution in [3.8, 4) is 79.5 Å². The third-order valence-electron chi connectivity index (χ3n) is 16.3. The van der Waals surface area contributed by atoms with Gasteiger partial charge in [0.2, 0.25) is 0 Å². The van der Waals surface area contributed by atoms with E-state index in [1.165, 1.54) is 16.2 Å². The average Bonchev–Trinajstić information content (AvgIpc) is 0.755. The fourth-order valence-corrected chi connectivity index (χ4v) is 13.0. The maximum Gasteiger partial charge on any atom is 0.488 e. The highest BCUT2D eigenvalue weighted by atomic mass is 79.9. The molecule has 0 spiro atoms. The predicted molar refractivity (Wildman–Crippen MR) is 386 cm³/mol. The number of allylic oxidation sites excluding steroid dienone is 9. The van der Waals surface area contributed by atoms with Gasteiger partial charge in [0.1, 0.15) is 0 Å². The van der Waals surface area contributed by atoms with E-state index < -0.39 is 7.12 Å². The summed E-state index contributed by atoms with van der Waals surface area (Å²) in [7, 11) is -1.48. The van der Waals surface area contributed by atoms with Gasteiger partial charge in [-0.3, -0.25) is 0 Å². The van der Waals surface area contributed by atoms with E-state index in [2.05, 4.69) is 106 Å². The predicted octanol–water partition coefficient (Wildman–Crippen LogP) is 19.9. The van der Waals surface area contributed by atoms with Gasteiger partial charge in [0, 0.05) is 73.5 Å². The highest BCUT2D eigenvalue weighted by molar-refractivity contribution is 9.10. The minimum absolute atomic E-state index is 0. The summed E-state index contributed by atoms with van der Waals surface area (Å²) in [5.74, 6) is 4.15. The second-order valence-corrected chi connectivity index (χ2v) is 23.6. The number of aromatic nitrogens is 6. The van der Waals surface area contributed by atoms with Crippen LogP contribution in [0.4, 0.5) is 0 Å². The van der Waals surface area contributed by atoms with Crippen molar-refractivity contribution in [3.05, 3.63) is 322 Å². The first-order valence-electron chi connectivity index (χ1n) is 29.5. The lowest BCUT2D eigenvalue weighted by molar-refractivity contribution is 0.426. The number of nitrogens with zero attached hydrogens (tertiary/aromatic N) is 6. The van der Waals surface area contributed by atoms with Crippen LogP contribution in [0.5, 0.6) is 0 Å². The molecule has 0 fully saturated rings. The van der Waals surface area contributed by atoms with Gasteiger partial charge in [-0.15, -0.1) is 0 Å². The largest absolute Gasteiger partial charge is 0.488 e. The lowest BCUT2D eigenvalue weighted by Crippen LogP contribution is -2.26. The summed E-state index contributed by atoms with van der Waals surface area (Å²) in [4.78, 5) is 28.9. The van der Waals surface area contributed by atoms with E-state index in [-0.39, 0.29) is 27.7 Å². The van der Waals surface area contributed by atoms with Gasteiger partial charge in [0.15, 0.2) is 34.9 Å². The highest BCUT2D eigenvalue weighted by Gasteiger charge is 2.37. The zero-order valence-corrected chi connectivity index (χ0v) is 51.8. The molecule has 3 aliphatic rings. The van der Waals surface area contributed by atoms with Gasteiger partial charge in [-0.2, -0.15) is 0 Å². The molecule has 3 aliphatic carbocycles. The van der Waals surface area contributed by atoms with Crippen LogP contribution in [0.15, 0.2) is 306 Å². The molecule has 16 rings (SSSR count). The molecule has 0 saturated carbocycles. The van der Waals surface area contributed by atoms with Crippen molar-refractivity contribution in [2.24, 2.45) is 11.8 Å². The van der Waals surface area contributed by atoms with Crippen LogP contribution < -0.4 is 0 Å². The van der Waals surface area contributed by atoms with Crippen LogP contribution in [0, 0.1) is 11.8 Å². The topological polar surface area (TPSA) is 118 Å². The maximum absolute atomic E-state index is 9.76. The Morgan fingerprint density at radius 2 is 0.783 bits per heavy atom. The number of hydrogen-bond acceptors (Lipinski definition) is 8. The molecule has 0 saturated heterocycles. The van der Waals surface area contributed by atoms with E-state index >= 15 is 0 Å². The van der Waals surface area contributed by atoms with Gasteiger partial charge in [0.05, 0.1) is 0 Å². The van der Waals surface area contributed by atoms with E-state index in [4.69, 9.17) is 48.1 Å². The molecule has 0 bridgehead atoms. The fraction of sp³-hybridized carbons (Fsp3) is 0.0380. The smallest absolute Gasteiger partial charge is 0.423 e. The van der Waals surface area contributed by atoms with Gasteiger partial charge >= 0.3 is 7.12 Å². The van der Waals surface area contributed by atoms with E-state index in [9.17, 15) is 10.0 Å². The number of fused-ring (bicyclic) bond motifs is 10. The minimum Gasteiger partial charge on any atom is -0.423 e. The second kappa shape index (κ2) is 27.6. The molecule has 441 valence electrons. The van der Waals surface area contributed by atoms with Crippen molar-refractivity contribution in [3.63, 3.8) is 0 Å². The highest BCUT2D eigenvalue weighted by Crippen LogP contribution is 2.49. The third-order valence-corrected chi connectivity index (χ3v) is 17.4. The Labute approximate surface area is 555 Å². The number of benzene rings is 11. The number of hydrogen-bond donors (Lipinski definition) is 2. The van der Waals surface area contributed by atoms with Gasteiger partial charge in [-0.25, -0.2) is 29.9 Å². The summed E-state index contributed by atoms with van der Waals surface area (Å²) in [5.41, 5.74) is 12.6.